The van der Waals surface area contributed by atoms with E-state index in [4.69, 9.17) is 38.4 Å². The molecular weight excluding hydrogens is 509 g/mol. The van der Waals surface area contributed by atoms with Gasteiger partial charge in [-0.1, -0.05) is 96.9 Å². The number of nitrogens with zero attached hydrogens (tertiary/aromatic N) is 2. The number of aliphatic hydroxyl groups excluding tert-OH is 1. The van der Waals surface area contributed by atoms with Gasteiger partial charge in [-0.05, 0) is 33.9 Å². The van der Waals surface area contributed by atoms with Crippen molar-refractivity contribution in [3.63, 3.8) is 0 Å². The Morgan fingerprint density at radius 2 is 1.65 bits per heavy atom. The van der Waals surface area contributed by atoms with Crippen LogP contribution in [0.1, 0.15) is 41.6 Å². The summed E-state index contributed by atoms with van der Waals surface area (Å²) in [5, 5.41) is 10.1. The third-order valence-electron chi connectivity index (χ3n) is 6.91. The van der Waals surface area contributed by atoms with Crippen LogP contribution in [0.2, 0.25) is 10.3 Å². The van der Waals surface area contributed by atoms with Gasteiger partial charge < -0.3 is 24.9 Å². The summed E-state index contributed by atoms with van der Waals surface area (Å²) < 4.78 is 14.8. The molecule has 0 aliphatic carbocycles. The number of aliphatic hydroxyl groups is 1. The first-order chi connectivity index (χ1) is 18.0. The Kier molecular flexibility index (Phi) is 7.95. The number of nitrogens with two attached hydrogens (primary N) is 1. The second-order valence-electron chi connectivity index (χ2n) is 9.33. The highest BCUT2D eigenvalue weighted by molar-refractivity contribution is 6.40. The molecule has 8 heteroatoms. The number of imidazole rings is 1. The summed E-state index contributed by atoms with van der Waals surface area (Å²) in [4.78, 5) is 4.11. The van der Waals surface area contributed by atoms with Gasteiger partial charge in [-0.3, -0.25) is 0 Å². The van der Waals surface area contributed by atoms with E-state index < -0.39 is 6.29 Å². The normalized spacial score (nSPS) is 21.8. The van der Waals surface area contributed by atoms with Gasteiger partial charge in [0, 0.05) is 18.0 Å². The zero-order valence-electron chi connectivity index (χ0n) is 20.4. The highest BCUT2D eigenvalue weighted by Gasteiger charge is 2.38. The summed E-state index contributed by atoms with van der Waals surface area (Å²) in [6.45, 7) is 3.08. The van der Waals surface area contributed by atoms with Crippen molar-refractivity contribution in [2.24, 2.45) is 11.7 Å². The molecule has 0 amide bonds. The van der Waals surface area contributed by atoms with Gasteiger partial charge in [0.25, 0.3) is 0 Å². The second kappa shape index (κ2) is 11.4. The highest BCUT2D eigenvalue weighted by atomic mass is 35.5. The smallest absolute Gasteiger partial charge is 0.184 e. The average Bonchev–Trinajstić information content (AvgIpc) is 3.26. The first kappa shape index (κ1) is 25.9. The number of hydrogen-bond acceptors (Lipinski definition) is 5. The quantitative estimate of drug-likeness (QED) is 0.289. The van der Waals surface area contributed by atoms with E-state index in [0.29, 0.717) is 18.2 Å². The lowest BCUT2D eigenvalue weighted by molar-refractivity contribution is -0.276. The number of ether oxygens (including phenoxy) is 2. The molecule has 0 spiro atoms. The van der Waals surface area contributed by atoms with Crippen LogP contribution < -0.4 is 5.73 Å². The van der Waals surface area contributed by atoms with Crippen molar-refractivity contribution < 1.29 is 14.6 Å². The first-order valence-electron chi connectivity index (χ1n) is 12.2. The Morgan fingerprint density at radius 1 is 0.919 bits per heavy atom. The number of aromatic nitrogens is 2. The largest absolute Gasteiger partial charge is 0.392 e. The molecular formula is C29H29Cl2N3O3. The van der Waals surface area contributed by atoms with Gasteiger partial charge in [0.15, 0.2) is 11.4 Å². The van der Waals surface area contributed by atoms with Crippen LogP contribution in [0.25, 0.3) is 11.1 Å². The minimum Gasteiger partial charge on any atom is -0.392 e. The minimum atomic E-state index is -0.578. The fraction of sp³-hybridized carbons (Fsp3) is 0.276. The molecule has 2 heterocycles. The molecule has 5 rings (SSSR count). The molecule has 1 aliphatic rings. The average molecular weight is 538 g/mol. The van der Waals surface area contributed by atoms with E-state index in [1.165, 1.54) is 0 Å². The Labute approximate surface area is 226 Å². The fourth-order valence-electron chi connectivity index (χ4n) is 4.70. The summed E-state index contributed by atoms with van der Waals surface area (Å²) in [6.07, 6.45) is 0.603. The van der Waals surface area contributed by atoms with Gasteiger partial charge in [0.05, 0.1) is 31.7 Å². The topological polar surface area (TPSA) is 82.5 Å². The van der Waals surface area contributed by atoms with Gasteiger partial charge in [-0.2, -0.15) is 0 Å². The van der Waals surface area contributed by atoms with Crippen LogP contribution in [0, 0.1) is 5.92 Å². The van der Waals surface area contributed by atoms with E-state index >= 15 is 0 Å². The molecule has 3 aromatic carbocycles. The van der Waals surface area contributed by atoms with Gasteiger partial charge in [0.1, 0.15) is 5.15 Å². The Hall–Kier alpha value is -2.71. The van der Waals surface area contributed by atoms with Crippen LogP contribution in [0.5, 0.6) is 0 Å². The van der Waals surface area contributed by atoms with Crippen LogP contribution >= 0.6 is 23.2 Å². The van der Waals surface area contributed by atoms with Crippen LogP contribution in [0.15, 0.2) is 79.1 Å². The molecule has 0 bridgehead atoms. The monoisotopic (exact) mass is 537 g/mol. The number of hydrogen-bond donors (Lipinski definition) is 2. The molecule has 192 valence electrons. The fourth-order valence-corrected chi connectivity index (χ4v) is 5.02. The first-order valence-corrected chi connectivity index (χ1v) is 13.0. The van der Waals surface area contributed by atoms with Crippen molar-refractivity contribution >= 4 is 23.2 Å². The zero-order valence-corrected chi connectivity index (χ0v) is 21.9. The molecule has 1 fully saturated rings. The predicted molar refractivity (Wildman–Crippen MR) is 145 cm³/mol. The van der Waals surface area contributed by atoms with Crippen molar-refractivity contribution in [1.82, 2.24) is 9.55 Å². The predicted octanol–water partition coefficient (Wildman–Crippen LogP) is 6.30. The number of rotatable bonds is 7. The van der Waals surface area contributed by atoms with Gasteiger partial charge in [-0.25, -0.2) is 4.98 Å². The maximum Gasteiger partial charge on any atom is 0.184 e. The summed E-state index contributed by atoms with van der Waals surface area (Å²) in [5.41, 5.74) is 11.9. The van der Waals surface area contributed by atoms with Gasteiger partial charge >= 0.3 is 0 Å². The SMILES string of the molecule is C[C@@H]1[C@H](Cn2cnc(Cl)c2Cl)O[C@H](c2ccc(-c3cccc(CN)c3)cc2)O[C@@H]1c1ccc(CO)cc1. The van der Waals surface area contributed by atoms with Crippen molar-refractivity contribution in [3.05, 3.63) is 112 Å². The zero-order chi connectivity index (χ0) is 25.9. The van der Waals surface area contributed by atoms with E-state index in [1.807, 2.05) is 48.5 Å². The lowest BCUT2D eigenvalue weighted by Crippen LogP contribution is -2.39. The molecule has 3 N–H and O–H groups in total. The maximum absolute atomic E-state index is 9.46. The van der Waals surface area contributed by atoms with E-state index in [-0.39, 0.29) is 29.9 Å². The highest BCUT2D eigenvalue weighted by Crippen LogP contribution is 2.42. The van der Waals surface area contributed by atoms with Gasteiger partial charge in [-0.15, -0.1) is 0 Å². The summed E-state index contributed by atoms with van der Waals surface area (Å²) in [7, 11) is 0. The molecule has 0 radical (unpaired) electrons. The van der Waals surface area contributed by atoms with Crippen LogP contribution in [-0.4, -0.2) is 20.8 Å². The number of benzene rings is 3. The summed E-state index contributed by atoms with van der Waals surface area (Å²) in [6, 6.07) is 24.3. The molecule has 1 aliphatic heterocycles. The third-order valence-corrected chi connectivity index (χ3v) is 7.68. The molecule has 37 heavy (non-hydrogen) atoms. The maximum atomic E-state index is 9.46. The van der Waals surface area contributed by atoms with Crippen LogP contribution in [0.3, 0.4) is 0 Å². The molecule has 4 aromatic rings. The third kappa shape index (κ3) is 5.60. The van der Waals surface area contributed by atoms with Crippen molar-refractivity contribution in [1.29, 1.82) is 0 Å². The Bertz CT molecular complexity index is 1340. The molecule has 1 saturated heterocycles. The van der Waals surface area contributed by atoms with E-state index in [0.717, 1.165) is 33.4 Å². The second-order valence-corrected chi connectivity index (χ2v) is 10.0. The lowest BCUT2D eigenvalue weighted by Gasteiger charge is -2.41. The molecule has 1 aromatic heterocycles. The number of halogens is 2. The van der Waals surface area contributed by atoms with Crippen molar-refractivity contribution in [2.45, 2.75) is 45.1 Å². The Balaban J connectivity index is 1.44. The van der Waals surface area contributed by atoms with Crippen LogP contribution in [0.4, 0.5) is 0 Å². The molecule has 4 atom stereocenters. The van der Waals surface area contributed by atoms with E-state index in [9.17, 15) is 5.11 Å². The minimum absolute atomic E-state index is 0.00383. The lowest BCUT2D eigenvalue weighted by atomic mass is 9.90. The molecule has 0 saturated carbocycles. The Morgan fingerprint density at radius 3 is 2.30 bits per heavy atom. The van der Waals surface area contributed by atoms with Crippen molar-refractivity contribution in [2.75, 3.05) is 0 Å². The van der Waals surface area contributed by atoms with Crippen molar-refractivity contribution in [3.8, 4) is 11.1 Å². The van der Waals surface area contributed by atoms with E-state index in [2.05, 4.69) is 36.2 Å². The standard InChI is InChI=1S/C29H29Cl2N3O3/c1-18-25(15-34-17-33-27(30)28(34)31)36-29(37-26(18)22-7-5-19(16-35)6-8-22)23-11-9-21(10-12-23)24-4-2-3-20(13-24)14-32/h2-13,17-18,25-26,29,35H,14-16,32H2,1H3/t18-,25+,26+,29+/m1/s1. The molecule has 6 nitrogen and oxygen atoms in total. The van der Waals surface area contributed by atoms with Crippen LogP contribution in [-0.2, 0) is 29.2 Å². The summed E-state index contributed by atoms with van der Waals surface area (Å²) >= 11 is 12.5. The van der Waals surface area contributed by atoms with E-state index in [1.54, 1.807) is 10.9 Å². The summed E-state index contributed by atoms with van der Waals surface area (Å²) in [5.74, 6) is 0.00624. The molecule has 0 unspecified atom stereocenters. The van der Waals surface area contributed by atoms with Gasteiger partial charge in [0.2, 0.25) is 0 Å².